The van der Waals surface area contributed by atoms with Gasteiger partial charge in [0.05, 0.1) is 15.5 Å². The maximum atomic E-state index is 13.2. The number of anilines is 1. The van der Waals surface area contributed by atoms with E-state index in [0.29, 0.717) is 24.0 Å². The average Bonchev–Trinajstić information content (AvgIpc) is 2.95. The fourth-order valence-corrected chi connectivity index (χ4v) is 4.77. The van der Waals surface area contributed by atoms with Crippen LogP contribution in [-0.4, -0.2) is 31.2 Å². The van der Waals surface area contributed by atoms with Crippen LogP contribution in [0, 0.1) is 11.7 Å². The fourth-order valence-electron chi connectivity index (χ4n) is 3.05. The zero-order valence-corrected chi connectivity index (χ0v) is 16.1. The molecule has 25 heavy (non-hydrogen) atoms. The molecule has 138 valence electrons. The second-order valence-electron chi connectivity index (χ2n) is 6.94. The van der Waals surface area contributed by atoms with Crippen molar-refractivity contribution in [3.05, 3.63) is 24.0 Å². The van der Waals surface area contributed by atoms with Crippen LogP contribution < -0.4 is 10.0 Å². The first kappa shape index (κ1) is 18.5. The van der Waals surface area contributed by atoms with Crippen molar-refractivity contribution in [1.29, 1.82) is 0 Å². The van der Waals surface area contributed by atoms with Gasteiger partial charge in [0.2, 0.25) is 10.0 Å². The Morgan fingerprint density at radius 3 is 2.68 bits per heavy atom. The van der Waals surface area contributed by atoms with Gasteiger partial charge in [-0.15, -0.1) is 0 Å². The van der Waals surface area contributed by atoms with Crippen LogP contribution in [0.2, 0.25) is 0 Å². The second-order valence-corrected chi connectivity index (χ2v) is 10.3. The van der Waals surface area contributed by atoms with Gasteiger partial charge >= 0.3 is 0 Å². The number of nitrogens with zero attached hydrogens (tertiary/aromatic N) is 1. The van der Waals surface area contributed by atoms with Crippen molar-refractivity contribution in [3.63, 3.8) is 0 Å². The third-order valence-corrected chi connectivity index (χ3v) is 7.50. The summed E-state index contributed by atoms with van der Waals surface area (Å²) in [5, 5.41) is 3.88. The van der Waals surface area contributed by atoms with E-state index in [0.717, 1.165) is 35.5 Å². The lowest BCUT2D eigenvalue weighted by Gasteiger charge is -2.29. The summed E-state index contributed by atoms with van der Waals surface area (Å²) in [6.45, 7) is 3.90. The Morgan fingerprint density at radius 1 is 1.28 bits per heavy atom. The molecule has 1 heterocycles. The summed E-state index contributed by atoms with van der Waals surface area (Å²) in [6, 6.07) is 5.00. The molecule has 0 bridgehead atoms. The Bertz CT molecular complexity index is 828. The Hall–Kier alpha value is -1.25. The van der Waals surface area contributed by atoms with Gasteiger partial charge in [0.15, 0.2) is 5.13 Å². The van der Waals surface area contributed by atoms with Gasteiger partial charge in [-0.1, -0.05) is 11.3 Å². The van der Waals surface area contributed by atoms with Crippen molar-refractivity contribution < 1.29 is 12.8 Å². The molecule has 2 N–H and O–H groups in total. The maximum absolute atomic E-state index is 13.2. The number of sulfonamides is 1. The van der Waals surface area contributed by atoms with E-state index in [1.54, 1.807) is 19.9 Å². The molecular formula is C17H24FN3O2S2. The first-order chi connectivity index (χ1) is 11.8. The smallest absolute Gasteiger partial charge is 0.213 e. The van der Waals surface area contributed by atoms with Gasteiger partial charge in [-0.3, -0.25) is 0 Å². The minimum absolute atomic E-state index is 0.270. The number of aromatic nitrogens is 1. The summed E-state index contributed by atoms with van der Waals surface area (Å²) >= 11 is 1.54. The molecule has 1 aliphatic rings. The molecule has 8 heteroatoms. The highest BCUT2D eigenvalue weighted by atomic mass is 32.2. The summed E-state index contributed by atoms with van der Waals surface area (Å²) in [7, 11) is -3.18. The quantitative estimate of drug-likeness (QED) is 0.795. The number of fused-ring (bicyclic) bond motifs is 1. The molecule has 0 spiro atoms. The van der Waals surface area contributed by atoms with Crippen molar-refractivity contribution in [3.8, 4) is 0 Å². The Labute approximate surface area is 152 Å². The van der Waals surface area contributed by atoms with Crippen LogP contribution in [0.3, 0.4) is 0 Å². The van der Waals surface area contributed by atoms with Gasteiger partial charge in [-0.2, -0.15) is 0 Å². The minimum Gasteiger partial charge on any atom is -0.359 e. The molecule has 2 aromatic rings. The number of hydrogen-bond acceptors (Lipinski definition) is 5. The van der Waals surface area contributed by atoms with E-state index in [4.69, 9.17) is 0 Å². The van der Waals surface area contributed by atoms with Crippen LogP contribution in [0.5, 0.6) is 0 Å². The van der Waals surface area contributed by atoms with E-state index in [-0.39, 0.29) is 5.82 Å². The van der Waals surface area contributed by atoms with Crippen molar-refractivity contribution in [2.45, 2.75) is 50.8 Å². The van der Waals surface area contributed by atoms with E-state index in [9.17, 15) is 12.8 Å². The summed E-state index contributed by atoms with van der Waals surface area (Å²) < 4.78 is 40.6. The maximum Gasteiger partial charge on any atom is 0.213 e. The standard InChI is InChI=1S/C17H24FN3O2S2/c1-11(2)25(22,23)19-10-12-3-6-14(7-4-12)20-17-21-15-9-13(18)5-8-16(15)24-17/h5,8-9,11-12,14,19H,3-4,6-7,10H2,1-2H3,(H,20,21)/t12-,14-. The van der Waals surface area contributed by atoms with E-state index in [1.165, 1.54) is 23.5 Å². The van der Waals surface area contributed by atoms with Crippen LogP contribution in [0.15, 0.2) is 18.2 Å². The van der Waals surface area contributed by atoms with Crippen LogP contribution in [-0.2, 0) is 10.0 Å². The van der Waals surface area contributed by atoms with Crippen LogP contribution in [0.1, 0.15) is 39.5 Å². The molecule has 1 saturated carbocycles. The molecule has 0 amide bonds. The molecule has 0 aliphatic heterocycles. The largest absolute Gasteiger partial charge is 0.359 e. The molecule has 1 aromatic heterocycles. The lowest BCUT2D eigenvalue weighted by atomic mass is 9.86. The molecule has 0 radical (unpaired) electrons. The van der Waals surface area contributed by atoms with Crippen molar-refractivity contribution in [2.24, 2.45) is 5.92 Å². The van der Waals surface area contributed by atoms with Crippen LogP contribution in [0.4, 0.5) is 9.52 Å². The summed E-state index contributed by atoms with van der Waals surface area (Å²) in [6.07, 6.45) is 3.94. The average molecular weight is 386 g/mol. The Morgan fingerprint density at radius 2 is 2.00 bits per heavy atom. The van der Waals surface area contributed by atoms with Gasteiger partial charge in [0, 0.05) is 18.7 Å². The normalized spacial score (nSPS) is 21.8. The zero-order valence-electron chi connectivity index (χ0n) is 14.5. The van der Waals surface area contributed by atoms with Crippen molar-refractivity contribution in [2.75, 3.05) is 11.9 Å². The zero-order chi connectivity index (χ0) is 18.0. The molecule has 1 fully saturated rings. The Kier molecular flexibility index (Phi) is 5.60. The van der Waals surface area contributed by atoms with E-state index >= 15 is 0 Å². The topological polar surface area (TPSA) is 71.1 Å². The molecule has 0 atom stereocenters. The third kappa shape index (κ3) is 4.68. The first-order valence-electron chi connectivity index (χ1n) is 8.64. The highest BCUT2D eigenvalue weighted by molar-refractivity contribution is 7.90. The highest BCUT2D eigenvalue weighted by Gasteiger charge is 2.24. The van der Waals surface area contributed by atoms with Crippen LogP contribution in [0.25, 0.3) is 10.2 Å². The van der Waals surface area contributed by atoms with Crippen molar-refractivity contribution >= 4 is 36.7 Å². The number of thiazole rings is 1. The number of hydrogen-bond donors (Lipinski definition) is 2. The molecule has 5 nitrogen and oxygen atoms in total. The predicted molar refractivity (Wildman–Crippen MR) is 101 cm³/mol. The van der Waals surface area contributed by atoms with Gasteiger partial charge in [0.1, 0.15) is 5.82 Å². The monoisotopic (exact) mass is 385 g/mol. The van der Waals surface area contributed by atoms with Gasteiger partial charge < -0.3 is 5.32 Å². The number of benzene rings is 1. The third-order valence-electron chi connectivity index (χ3n) is 4.72. The number of nitrogens with one attached hydrogen (secondary N) is 2. The SMILES string of the molecule is CC(C)S(=O)(=O)NC[C@H]1CC[C@H](Nc2nc3cc(F)ccc3s2)CC1. The minimum atomic E-state index is -3.18. The summed E-state index contributed by atoms with van der Waals surface area (Å²) in [5.41, 5.74) is 0.685. The number of halogens is 1. The van der Waals surface area contributed by atoms with E-state index in [2.05, 4.69) is 15.0 Å². The van der Waals surface area contributed by atoms with E-state index in [1.807, 2.05) is 0 Å². The van der Waals surface area contributed by atoms with Gasteiger partial charge in [0.25, 0.3) is 0 Å². The Balaban J connectivity index is 1.50. The second kappa shape index (κ2) is 7.55. The summed E-state index contributed by atoms with van der Waals surface area (Å²) in [4.78, 5) is 4.45. The highest BCUT2D eigenvalue weighted by Crippen LogP contribution is 2.30. The van der Waals surface area contributed by atoms with Crippen LogP contribution >= 0.6 is 11.3 Å². The van der Waals surface area contributed by atoms with E-state index < -0.39 is 15.3 Å². The molecule has 1 aliphatic carbocycles. The lowest BCUT2D eigenvalue weighted by molar-refractivity contribution is 0.337. The fraction of sp³-hybridized carbons (Fsp3) is 0.588. The molecule has 0 unspecified atom stereocenters. The van der Waals surface area contributed by atoms with Gasteiger partial charge in [-0.25, -0.2) is 22.5 Å². The molecule has 0 saturated heterocycles. The number of rotatable bonds is 6. The molecular weight excluding hydrogens is 361 g/mol. The molecule has 3 rings (SSSR count). The predicted octanol–water partition coefficient (Wildman–Crippen LogP) is 3.73. The summed E-state index contributed by atoms with van der Waals surface area (Å²) in [5.74, 6) is 0.116. The van der Waals surface area contributed by atoms with Gasteiger partial charge in [-0.05, 0) is 57.6 Å². The first-order valence-corrected chi connectivity index (χ1v) is 11.0. The lowest BCUT2D eigenvalue weighted by Crippen LogP contribution is -2.37. The van der Waals surface area contributed by atoms with Crippen molar-refractivity contribution in [1.82, 2.24) is 9.71 Å². The molecule has 1 aromatic carbocycles.